The largest absolute Gasteiger partial charge is 0.354 e. The van der Waals surface area contributed by atoms with Crippen molar-refractivity contribution < 1.29 is 0 Å². The van der Waals surface area contributed by atoms with Gasteiger partial charge in [-0.2, -0.15) is 0 Å². The lowest BCUT2D eigenvalue weighted by Gasteiger charge is -2.24. The Balaban J connectivity index is 2.35. The van der Waals surface area contributed by atoms with Gasteiger partial charge in [0.2, 0.25) is 5.95 Å². The van der Waals surface area contributed by atoms with E-state index in [0.717, 1.165) is 25.3 Å². The highest BCUT2D eigenvalue weighted by Crippen LogP contribution is 2.22. The third-order valence-electron chi connectivity index (χ3n) is 2.28. The summed E-state index contributed by atoms with van der Waals surface area (Å²) in [4.78, 5) is 8.23. The number of rotatable bonds is 6. The zero-order valence-corrected chi connectivity index (χ0v) is 10.1. The van der Waals surface area contributed by atoms with Crippen molar-refractivity contribution in [1.29, 1.82) is 0 Å². The molecule has 0 saturated carbocycles. The number of aromatic nitrogens is 2. The lowest BCUT2D eigenvalue weighted by atomic mass is 9.88. The fraction of sp³-hybridized carbons (Fsp3) is 0.636. The molecule has 0 atom stereocenters. The lowest BCUT2D eigenvalue weighted by molar-refractivity contribution is 0.355. The molecule has 1 rings (SSSR count). The first-order valence-corrected chi connectivity index (χ1v) is 5.74. The standard InChI is InChI=1S/C11H18ClN3/c1-11(2,5-3-6-12)9-15-10-13-7-4-8-14-10/h4,7-8H,3,5-6,9H2,1-2H3,(H,13,14,15). The molecule has 0 bridgehead atoms. The molecule has 0 aliphatic heterocycles. The quantitative estimate of drug-likeness (QED) is 0.760. The highest BCUT2D eigenvalue weighted by Gasteiger charge is 2.17. The molecule has 0 amide bonds. The molecule has 3 nitrogen and oxygen atoms in total. The van der Waals surface area contributed by atoms with Crippen molar-refractivity contribution in [3.05, 3.63) is 18.5 Å². The summed E-state index contributed by atoms with van der Waals surface area (Å²) in [6.45, 7) is 5.30. The number of anilines is 1. The van der Waals surface area contributed by atoms with Gasteiger partial charge in [-0.25, -0.2) is 9.97 Å². The van der Waals surface area contributed by atoms with Crippen molar-refractivity contribution in [2.24, 2.45) is 5.41 Å². The Kier molecular flexibility index (Phi) is 4.82. The van der Waals surface area contributed by atoms with Gasteiger partial charge in [-0.15, -0.1) is 11.6 Å². The fourth-order valence-corrected chi connectivity index (χ4v) is 1.48. The van der Waals surface area contributed by atoms with Gasteiger partial charge in [0.05, 0.1) is 0 Å². The first-order valence-electron chi connectivity index (χ1n) is 5.21. The summed E-state index contributed by atoms with van der Waals surface area (Å²) in [5.41, 5.74) is 0.230. The van der Waals surface area contributed by atoms with E-state index >= 15 is 0 Å². The Labute approximate surface area is 96.3 Å². The van der Waals surface area contributed by atoms with E-state index in [-0.39, 0.29) is 5.41 Å². The van der Waals surface area contributed by atoms with Gasteiger partial charge in [-0.05, 0) is 24.3 Å². The van der Waals surface area contributed by atoms with Gasteiger partial charge < -0.3 is 5.32 Å². The Morgan fingerprint density at radius 2 is 2.00 bits per heavy atom. The third-order valence-corrected chi connectivity index (χ3v) is 2.55. The first-order chi connectivity index (χ1) is 7.14. The van der Waals surface area contributed by atoms with Gasteiger partial charge in [0.25, 0.3) is 0 Å². The van der Waals surface area contributed by atoms with Crippen LogP contribution in [-0.2, 0) is 0 Å². The minimum Gasteiger partial charge on any atom is -0.354 e. The van der Waals surface area contributed by atoms with Crippen LogP contribution in [0.4, 0.5) is 5.95 Å². The number of hydrogen-bond donors (Lipinski definition) is 1. The van der Waals surface area contributed by atoms with Crippen LogP contribution in [0.3, 0.4) is 0 Å². The number of alkyl halides is 1. The van der Waals surface area contributed by atoms with E-state index in [1.54, 1.807) is 12.4 Å². The number of nitrogens with one attached hydrogen (secondary N) is 1. The van der Waals surface area contributed by atoms with Gasteiger partial charge >= 0.3 is 0 Å². The molecule has 0 aliphatic rings. The summed E-state index contributed by atoms with van der Waals surface area (Å²) < 4.78 is 0. The number of halogens is 1. The Bertz CT molecular complexity index is 274. The van der Waals surface area contributed by atoms with Crippen LogP contribution in [0.2, 0.25) is 0 Å². The molecule has 0 unspecified atom stereocenters. The molecular formula is C11H18ClN3. The van der Waals surface area contributed by atoms with Crippen molar-refractivity contribution in [1.82, 2.24) is 9.97 Å². The summed E-state index contributed by atoms with van der Waals surface area (Å²) in [6, 6.07) is 1.81. The Morgan fingerprint density at radius 1 is 1.33 bits per heavy atom. The predicted octanol–water partition coefficient (Wildman–Crippen LogP) is 2.93. The van der Waals surface area contributed by atoms with Gasteiger partial charge in [0.15, 0.2) is 0 Å². The Hall–Kier alpha value is -0.830. The van der Waals surface area contributed by atoms with Gasteiger partial charge in [-0.3, -0.25) is 0 Å². The molecule has 4 heteroatoms. The number of nitrogens with zero attached hydrogens (tertiary/aromatic N) is 2. The highest BCUT2D eigenvalue weighted by atomic mass is 35.5. The molecule has 0 radical (unpaired) electrons. The Morgan fingerprint density at radius 3 is 2.60 bits per heavy atom. The van der Waals surface area contributed by atoms with Crippen molar-refractivity contribution in [3.63, 3.8) is 0 Å². The van der Waals surface area contributed by atoms with E-state index in [2.05, 4.69) is 29.1 Å². The molecule has 0 fully saturated rings. The van der Waals surface area contributed by atoms with E-state index in [1.807, 2.05) is 6.07 Å². The topological polar surface area (TPSA) is 37.8 Å². The summed E-state index contributed by atoms with van der Waals surface area (Å²) in [7, 11) is 0. The van der Waals surface area contributed by atoms with Crippen LogP contribution in [0.15, 0.2) is 18.5 Å². The van der Waals surface area contributed by atoms with E-state index in [9.17, 15) is 0 Å². The van der Waals surface area contributed by atoms with E-state index in [0.29, 0.717) is 5.95 Å². The molecule has 1 heterocycles. The van der Waals surface area contributed by atoms with Crippen LogP contribution in [0, 0.1) is 5.41 Å². The average Bonchev–Trinajstić information content (AvgIpc) is 2.25. The molecule has 0 aliphatic carbocycles. The summed E-state index contributed by atoms with van der Waals surface area (Å²) in [5, 5.41) is 3.23. The molecule has 0 spiro atoms. The smallest absolute Gasteiger partial charge is 0.222 e. The van der Waals surface area contributed by atoms with Crippen LogP contribution in [-0.4, -0.2) is 22.4 Å². The van der Waals surface area contributed by atoms with E-state index < -0.39 is 0 Å². The zero-order valence-electron chi connectivity index (χ0n) is 9.33. The maximum Gasteiger partial charge on any atom is 0.222 e. The van der Waals surface area contributed by atoms with Crippen LogP contribution < -0.4 is 5.32 Å². The maximum atomic E-state index is 5.68. The molecular weight excluding hydrogens is 210 g/mol. The SMILES string of the molecule is CC(C)(CCCCl)CNc1ncccn1. The molecule has 1 N–H and O–H groups in total. The van der Waals surface area contributed by atoms with E-state index in [4.69, 9.17) is 11.6 Å². The second-order valence-corrected chi connectivity index (χ2v) is 4.76. The minimum atomic E-state index is 0.230. The van der Waals surface area contributed by atoms with Crippen molar-refractivity contribution in [2.45, 2.75) is 26.7 Å². The third kappa shape index (κ3) is 4.98. The molecule has 1 aromatic rings. The maximum absolute atomic E-state index is 5.68. The normalized spacial score (nSPS) is 11.4. The first kappa shape index (κ1) is 12.2. The monoisotopic (exact) mass is 227 g/mol. The van der Waals surface area contributed by atoms with Crippen LogP contribution in [0.25, 0.3) is 0 Å². The van der Waals surface area contributed by atoms with Crippen LogP contribution in [0.1, 0.15) is 26.7 Å². The predicted molar refractivity (Wildman–Crippen MR) is 64.3 cm³/mol. The summed E-state index contributed by atoms with van der Waals surface area (Å²) in [5.74, 6) is 1.42. The summed E-state index contributed by atoms with van der Waals surface area (Å²) >= 11 is 5.68. The summed E-state index contributed by atoms with van der Waals surface area (Å²) in [6.07, 6.45) is 5.63. The minimum absolute atomic E-state index is 0.230. The molecule has 0 saturated heterocycles. The molecule has 15 heavy (non-hydrogen) atoms. The second kappa shape index (κ2) is 5.91. The van der Waals surface area contributed by atoms with Crippen LogP contribution in [0.5, 0.6) is 0 Å². The fourth-order valence-electron chi connectivity index (χ4n) is 1.34. The zero-order chi connectivity index (χ0) is 11.1. The van der Waals surface area contributed by atoms with Gasteiger partial charge in [0, 0.05) is 24.8 Å². The average molecular weight is 228 g/mol. The molecule has 0 aromatic carbocycles. The van der Waals surface area contributed by atoms with Crippen molar-refractivity contribution >= 4 is 17.5 Å². The molecule has 84 valence electrons. The van der Waals surface area contributed by atoms with E-state index in [1.165, 1.54) is 0 Å². The van der Waals surface area contributed by atoms with Gasteiger partial charge in [-0.1, -0.05) is 13.8 Å². The van der Waals surface area contributed by atoms with Crippen molar-refractivity contribution in [2.75, 3.05) is 17.7 Å². The second-order valence-electron chi connectivity index (χ2n) is 4.38. The van der Waals surface area contributed by atoms with Gasteiger partial charge in [0.1, 0.15) is 0 Å². The van der Waals surface area contributed by atoms with Crippen molar-refractivity contribution in [3.8, 4) is 0 Å². The van der Waals surface area contributed by atoms with Crippen LogP contribution >= 0.6 is 11.6 Å². The highest BCUT2D eigenvalue weighted by molar-refractivity contribution is 6.17. The lowest BCUT2D eigenvalue weighted by Crippen LogP contribution is -2.24. The number of hydrogen-bond acceptors (Lipinski definition) is 3. The molecule has 1 aromatic heterocycles.